The van der Waals surface area contributed by atoms with Gasteiger partial charge in [0.05, 0.1) is 39.9 Å². The van der Waals surface area contributed by atoms with E-state index in [1.165, 1.54) is 45.6 Å². The first-order valence-electron chi connectivity index (χ1n) is 14.3. The molecule has 0 saturated heterocycles. The Morgan fingerprint density at radius 3 is 2.39 bits per heavy atom. The van der Waals surface area contributed by atoms with Crippen LogP contribution < -0.4 is 4.90 Å². The zero-order valence-corrected chi connectivity index (χ0v) is 25.7. The number of aromatic nitrogens is 3. The highest BCUT2D eigenvalue weighted by molar-refractivity contribution is 7.19. The van der Waals surface area contributed by atoms with Gasteiger partial charge in [0.25, 0.3) is 0 Å². The molecule has 0 bridgehead atoms. The number of hydrogen-bond acceptors (Lipinski definition) is 6. The molecule has 7 aromatic rings. The van der Waals surface area contributed by atoms with Crippen molar-refractivity contribution in [1.82, 2.24) is 13.7 Å². The number of hydrogen-bond donors (Lipinski definition) is 0. The number of anilines is 3. The Morgan fingerprint density at radius 1 is 0.795 bits per heavy atom. The van der Waals surface area contributed by atoms with E-state index in [4.69, 9.17) is 15.9 Å². The van der Waals surface area contributed by atoms with E-state index in [2.05, 4.69) is 107 Å². The second-order valence-corrected chi connectivity index (χ2v) is 12.9. The molecule has 1 aliphatic rings. The molecule has 0 unspecified atom stereocenters. The second-order valence-electron chi connectivity index (χ2n) is 11.3. The third-order valence-corrected chi connectivity index (χ3v) is 10.0. The molecular formula is C37H25N5S2. The van der Waals surface area contributed by atoms with Gasteiger partial charge in [0.15, 0.2) is 0 Å². The Morgan fingerprint density at radius 2 is 1.55 bits per heavy atom. The maximum atomic E-state index is 7.91. The summed E-state index contributed by atoms with van der Waals surface area (Å²) >= 11 is 2.73. The molecule has 7 heteroatoms. The number of benzene rings is 5. The highest BCUT2D eigenvalue weighted by Crippen LogP contribution is 2.52. The molecule has 44 heavy (non-hydrogen) atoms. The molecule has 210 valence electrons. The number of rotatable bonds is 4. The normalized spacial score (nSPS) is 13.9. The average molecular weight is 604 g/mol. The van der Waals surface area contributed by atoms with Crippen LogP contribution in [0.25, 0.3) is 49.0 Å². The number of fused-ring (bicyclic) bond motifs is 4. The SMILES string of the molecule is [C-]#[N+]C(=Cc1ccc(-c2ccc3c(c2)C(C)(C)c2ccccc2N3c2ccccc2)c2nsnc12)c1nc2ccccc2s1. The molecule has 0 aliphatic carbocycles. The van der Waals surface area contributed by atoms with Gasteiger partial charge in [0.2, 0.25) is 5.70 Å². The van der Waals surface area contributed by atoms with Crippen LogP contribution in [-0.2, 0) is 5.41 Å². The van der Waals surface area contributed by atoms with E-state index in [9.17, 15) is 0 Å². The number of para-hydroxylation sites is 3. The van der Waals surface area contributed by atoms with Crippen molar-refractivity contribution >= 4 is 73.2 Å². The molecule has 0 atom stereocenters. The van der Waals surface area contributed by atoms with Crippen molar-refractivity contribution in [2.24, 2.45) is 0 Å². The van der Waals surface area contributed by atoms with Crippen molar-refractivity contribution in [2.45, 2.75) is 19.3 Å². The van der Waals surface area contributed by atoms with E-state index in [1.807, 2.05) is 36.4 Å². The molecule has 2 aromatic heterocycles. The van der Waals surface area contributed by atoms with Crippen LogP contribution in [0.2, 0.25) is 0 Å². The summed E-state index contributed by atoms with van der Waals surface area (Å²) in [5.41, 5.74) is 11.9. The zero-order chi connectivity index (χ0) is 29.8. The first-order chi connectivity index (χ1) is 21.5. The molecule has 1 aliphatic heterocycles. The number of thiazole rings is 1. The van der Waals surface area contributed by atoms with Gasteiger partial charge in [-0.05, 0) is 70.8 Å². The molecule has 5 aromatic carbocycles. The molecule has 0 fully saturated rings. The minimum absolute atomic E-state index is 0.211. The van der Waals surface area contributed by atoms with Gasteiger partial charge < -0.3 is 4.90 Å². The van der Waals surface area contributed by atoms with Crippen molar-refractivity contribution < 1.29 is 0 Å². The highest BCUT2D eigenvalue weighted by atomic mass is 32.1. The average Bonchev–Trinajstić information content (AvgIpc) is 3.73. The van der Waals surface area contributed by atoms with E-state index < -0.39 is 0 Å². The van der Waals surface area contributed by atoms with Gasteiger partial charge in [-0.1, -0.05) is 80.6 Å². The van der Waals surface area contributed by atoms with Crippen LogP contribution in [-0.4, -0.2) is 13.7 Å². The zero-order valence-electron chi connectivity index (χ0n) is 24.0. The summed E-state index contributed by atoms with van der Waals surface area (Å²) < 4.78 is 10.5. The largest absolute Gasteiger partial charge is 0.310 e. The Balaban J connectivity index is 1.25. The summed E-state index contributed by atoms with van der Waals surface area (Å²) in [5, 5.41) is 0.710. The molecule has 0 saturated carbocycles. The van der Waals surface area contributed by atoms with Gasteiger partial charge in [-0.25, -0.2) is 9.83 Å². The van der Waals surface area contributed by atoms with Gasteiger partial charge in [0.1, 0.15) is 16.0 Å². The second kappa shape index (κ2) is 10.2. The third kappa shape index (κ3) is 4.15. The van der Waals surface area contributed by atoms with Gasteiger partial charge >= 0.3 is 0 Å². The molecule has 0 N–H and O–H groups in total. The van der Waals surface area contributed by atoms with E-state index in [-0.39, 0.29) is 5.41 Å². The lowest BCUT2D eigenvalue weighted by Gasteiger charge is -2.42. The molecule has 0 amide bonds. The maximum absolute atomic E-state index is 7.91. The fourth-order valence-electron chi connectivity index (χ4n) is 6.23. The summed E-state index contributed by atoms with van der Waals surface area (Å²) in [6.45, 7) is 12.5. The van der Waals surface area contributed by atoms with Crippen molar-refractivity contribution in [3.63, 3.8) is 0 Å². The minimum Gasteiger partial charge on any atom is -0.310 e. The van der Waals surface area contributed by atoms with Crippen molar-refractivity contribution in [3.05, 3.63) is 142 Å². The predicted octanol–water partition coefficient (Wildman–Crippen LogP) is 10.5. The van der Waals surface area contributed by atoms with Crippen LogP contribution in [0, 0.1) is 6.57 Å². The van der Waals surface area contributed by atoms with Gasteiger partial charge in [-0.3, -0.25) is 0 Å². The van der Waals surface area contributed by atoms with E-state index in [0.29, 0.717) is 10.7 Å². The Bertz CT molecular complexity index is 2260. The quantitative estimate of drug-likeness (QED) is 0.188. The van der Waals surface area contributed by atoms with Crippen LogP contribution in [0.1, 0.15) is 35.5 Å². The van der Waals surface area contributed by atoms with Gasteiger partial charge in [0, 0.05) is 16.7 Å². The lowest BCUT2D eigenvalue weighted by atomic mass is 9.73. The third-order valence-electron chi connectivity index (χ3n) is 8.43. The first-order valence-corrected chi connectivity index (χ1v) is 15.9. The van der Waals surface area contributed by atoms with E-state index in [0.717, 1.165) is 43.6 Å². The fraction of sp³-hybridized carbons (Fsp3) is 0.0811. The van der Waals surface area contributed by atoms with Crippen LogP contribution in [0.5, 0.6) is 0 Å². The molecule has 5 nitrogen and oxygen atoms in total. The molecular weight excluding hydrogens is 579 g/mol. The summed E-state index contributed by atoms with van der Waals surface area (Å²) in [5.74, 6) is 0. The summed E-state index contributed by atoms with van der Waals surface area (Å²) in [7, 11) is 0. The topological polar surface area (TPSA) is 46.3 Å². The predicted molar refractivity (Wildman–Crippen MR) is 184 cm³/mol. The number of nitrogens with zero attached hydrogens (tertiary/aromatic N) is 5. The van der Waals surface area contributed by atoms with Crippen LogP contribution in [0.4, 0.5) is 17.1 Å². The molecule has 3 heterocycles. The fourth-order valence-corrected chi connectivity index (χ4v) is 7.74. The Kier molecular flexibility index (Phi) is 6.16. The Hall–Kier alpha value is -5.16. The van der Waals surface area contributed by atoms with E-state index in [1.54, 1.807) is 0 Å². The first kappa shape index (κ1) is 26.5. The standard InChI is InChI=1S/C37H25N5S2/c1-37(2)27-13-7-9-15-31(27)42(25-11-5-4-6-12-25)32-20-18-23(21-28(32)37)26-19-17-24(34-35(26)41-44-40-34)22-30(38-3)36-39-29-14-8-10-16-33(29)43-36/h4-22H,1-2H3. The monoisotopic (exact) mass is 603 g/mol. The summed E-state index contributed by atoms with van der Waals surface area (Å²) in [4.78, 5) is 10.9. The van der Waals surface area contributed by atoms with Crippen molar-refractivity contribution in [2.75, 3.05) is 4.90 Å². The molecule has 0 radical (unpaired) electrons. The summed E-state index contributed by atoms with van der Waals surface area (Å²) in [6.07, 6.45) is 1.89. The lowest BCUT2D eigenvalue weighted by molar-refractivity contribution is 0.632. The van der Waals surface area contributed by atoms with Gasteiger partial charge in [-0.2, -0.15) is 8.75 Å². The van der Waals surface area contributed by atoms with Crippen LogP contribution >= 0.6 is 23.1 Å². The maximum Gasteiger partial charge on any atom is 0.222 e. The highest BCUT2D eigenvalue weighted by Gasteiger charge is 2.37. The molecule has 8 rings (SSSR count). The van der Waals surface area contributed by atoms with E-state index >= 15 is 0 Å². The van der Waals surface area contributed by atoms with Crippen LogP contribution in [0.15, 0.2) is 109 Å². The van der Waals surface area contributed by atoms with Gasteiger partial charge in [-0.15, -0.1) is 11.3 Å². The van der Waals surface area contributed by atoms with Crippen LogP contribution in [0.3, 0.4) is 0 Å². The summed E-state index contributed by atoms with van der Waals surface area (Å²) in [6, 6.07) is 38.1. The molecule has 0 spiro atoms. The smallest absolute Gasteiger partial charge is 0.222 e. The van der Waals surface area contributed by atoms with Crippen molar-refractivity contribution in [1.29, 1.82) is 0 Å². The van der Waals surface area contributed by atoms with Crippen molar-refractivity contribution in [3.8, 4) is 11.1 Å². The minimum atomic E-state index is -0.211. The Labute approximate surface area is 263 Å². The lowest BCUT2D eigenvalue weighted by Crippen LogP contribution is -2.30.